The molecule has 0 saturated heterocycles. The highest BCUT2D eigenvalue weighted by molar-refractivity contribution is 5.81. The third-order valence-corrected chi connectivity index (χ3v) is 5.55. The second-order valence-electron chi connectivity index (χ2n) is 7.00. The number of hydrogen-bond donors (Lipinski definition) is 1. The molecule has 0 heterocycles. The van der Waals surface area contributed by atoms with E-state index < -0.39 is 0 Å². The highest BCUT2D eigenvalue weighted by atomic mass is 16.5. The first kappa shape index (κ1) is 15.4. The molecule has 1 amide bonds. The van der Waals surface area contributed by atoms with Crippen molar-refractivity contribution in [1.82, 2.24) is 5.32 Å². The van der Waals surface area contributed by atoms with Gasteiger partial charge in [-0.05, 0) is 68.6 Å². The summed E-state index contributed by atoms with van der Waals surface area (Å²) in [5.41, 5.74) is 2.31. The van der Waals surface area contributed by atoms with Crippen molar-refractivity contribution in [3.05, 3.63) is 29.3 Å². The number of benzene rings is 1. The van der Waals surface area contributed by atoms with E-state index in [1.54, 1.807) is 0 Å². The minimum absolute atomic E-state index is 0.0564. The smallest absolute Gasteiger partial charge is 0.261 e. The Bertz CT molecular complexity index is 554. The van der Waals surface area contributed by atoms with Gasteiger partial charge < -0.3 is 10.1 Å². The van der Waals surface area contributed by atoms with E-state index in [4.69, 9.17) is 4.74 Å². The van der Waals surface area contributed by atoms with Gasteiger partial charge in [0.1, 0.15) is 5.75 Å². The molecule has 1 aromatic rings. The number of hydrogen-bond acceptors (Lipinski definition) is 2. The normalized spacial score (nSPS) is 27.7. The molecule has 3 nitrogen and oxygen atoms in total. The largest absolute Gasteiger partial charge is 0.480 e. The summed E-state index contributed by atoms with van der Waals surface area (Å²) in [5.74, 6) is 2.43. The number of aryl methyl sites for hydroxylation is 1. The lowest BCUT2D eigenvalue weighted by Gasteiger charge is -2.26. The molecule has 0 radical (unpaired) electrons. The number of nitrogens with one attached hydrogen (secondary N) is 1. The summed E-state index contributed by atoms with van der Waals surface area (Å²) >= 11 is 0. The van der Waals surface area contributed by atoms with Crippen molar-refractivity contribution in [2.24, 2.45) is 11.8 Å². The molecular formula is C19H27NO2. The monoisotopic (exact) mass is 301 g/mol. The third kappa shape index (κ3) is 2.99. The molecule has 0 aromatic heterocycles. The van der Waals surface area contributed by atoms with Crippen molar-refractivity contribution in [1.29, 1.82) is 0 Å². The van der Waals surface area contributed by atoms with Crippen LogP contribution in [0.2, 0.25) is 0 Å². The number of carbonyl (C=O) groups excluding carboxylic acids is 1. The fourth-order valence-electron chi connectivity index (χ4n) is 4.02. The third-order valence-electron chi connectivity index (χ3n) is 5.55. The highest BCUT2D eigenvalue weighted by Crippen LogP contribution is 2.44. The van der Waals surface area contributed by atoms with Crippen molar-refractivity contribution in [3.63, 3.8) is 0 Å². The van der Waals surface area contributed by atoms with Gasteiger partial charge in [-0.25, -0.2) is 0 Å². The van der Waals surface area contributed by atoms with Crippen LogP contribution in [0.5, 0.6) is 5.75 Å². The SMILES string of the molecule is CC[C@@H](Oc1cccc(C)c1C)C(=O)N[C@@H]1C[C@@H]2CC[C@@H]1C2. The molecule has 2 saturated carbocycles. The molecule has 4 atom stereocenters. The zero-order valence-corrected chi connectivity index (χ0v) is 13.9. The second kappa shape index (κ2) is 6.31. The Hall–Kier alpha value is -1.51. The van der Waals surface area contributed by atoms with Crippen LogP contribution in [-0.4, -0.2) is 18.1 Å². The van der Waals surface area contributed by atoms with Crippen LogP contribution in [-0.2, 0) is 4.79 Å². The quantitative estimate of drug-likeness (QED) is 0.899. The van der Waals surface area contributed by atoms with E-state index in [-0.39, 0.29) is 12.0 Å². The van der Waals surface area contributed by atoms with Gasteiger partial charge >= 0.3 is 0 Å². The molecule has 3 heteroatoms. The number of ether oxygens (including phenoxy) is 1. The van der Waals surface area contributed by atoms with E-state index >= 15 is 0 Å². The summed E-state index contributed by atoms with van der Waals surface area (Å²) in [7, 11) is 0. The van der Waals surface area contributed by atoms with Crippen LogP contribution in [0.3, 0.4) is 0 Å². The fraction of sp³-hybridized carbons (Fsp3) is 0.632. The number of amides is 1. The van der Waals surface area contributed by atoms with Crippen molar-refractivity contribution < 1.29 is 9.53 Å². The molecule has 22 heavy (non-hydrogen) atoms. The van der Waals surface area contributed by atoms with Crippen molar-refractivity contribution in [2.75, 3.05) is 0 Å². The molecule has 3 rings (SSSR count). The van der Waals surface area contributed by atoms with Crippen LogP contribution in [0, 0.1) is 25.7 Å². The Kier molecular flexibility index (Phi) is 4.42. The predicted molar refractivity (Wildman–Crippen MR) is 88.0 cm³/mol. The minimum Gasteiger partial charge on any atom is -0.480 e. The molecular weight excluding hydrogens is 274 g/mol. The lowest BCUT2D eigenvalue weighted by atomic mass is 9.95. The molecule has 2 bridgehead atoms. The maximum atomic E-state index is 12.6. The average molecular weight is 301 g/mol. The van der Waals surface area contributed by atoms with Crippen molar-refractivity contribution >= 4 is 5.91 Å². The molecule has 120 valence electrons. The Labute approximate surface area is 133 Å². The van der Waals surface area contributed by atoms with E-state index in [0.29, 0.717) is 18.4 Å². The van der Waals surface area contributed by atoms with Crippen LogP contribution in [0.15, 0.2) is 18.2 Å². The summed E-state index contributed by atoms with van der Waals surface area (Å²) in [6.07, 6.45) is 5.41. The van der Waals surface area contributed by atoms with Crippen molar-refractivity contribution in [3.8, 4) is 5.75 Å². The Morgan fingerprint density at radius 2 is 2.14 bits per heavy atom. The molecule has 2 aliphatic carbocycles. The molecule has 2 fully saturated rings. The zero-order valence-electron chi connectivity index (χ0n) is 13.9. The molecule has 0 unspecified atom stereocenters. The molecule has 1 aromatic carbocycles. The van der Waals surface area contributed by atoms with E-state index in [9.17, 15) is 4.79 Å². The van der Waals surface area contributed by atoms with Gasteiger partial charge in [-0.3, -0.25) is 4.79 Å². The number of carbonyl (C=O) groups is 1. The summed E-state index contributed by atoms with van der Waals surface area (Å²) in [5, 5.41) is 3.25. The maximum Gasteiger partial charge on any atom is 0.261 e. The van der Waals surface area contributed by atoms with E-state index in [0.717, 1.165) is 23.7 Å². The van der Waals surface area contributed by atoms with Crippen LogP contribution >= 0.6 is 0 Å². The predicted octanol–water partition coefficient (Wildman–Crippen LogP) is 3.77. The summed E-state index contributed by atoms with van der Waals surface area (Å²) in [6, 6.07) is 6.38. The molecule has 1 N–H and O–H groups in total. The van der Waals surface area contributed by atoms with Gasteiger partial charge in [0.2, 0.25) is 0 Å². The van der Waals surface area contributed by atoms with Gasteiger partial charge in [0.05, 0.1) is 0 Å². The second-order valence-corrected chi connectivity index (χ2v) is 7.00. The van der Waals surface area contributed by atoms with Gasteiger partial charge in [0, 0.05) is 6.04 Å². The van der Waals surface area contributed by atoms with E-state index in [2.05, 4.69) is 18.3 Å². The first-order valence-electron chi connectivity index (χ1n) is 8.61. The molecule has 0 aliphatic heterocycles. The highest BCUT2D eigenvalue weighted by Gasteiger charge is 2.40. The van der Waals surface area contributed by atoms with Crippen LogP contribution in [0.1, 0.15) is 50.2 Å². The Balaban J connectivity index is 1.63. The summed E-state index contributed by atoms with van der Waals surface area (Å²) < 4.78 is 6.02. The van der Waals surface area contributed by atoms with E-state index in [1.165, 1.54) is 24.8 Å². The minimum atomic E-state index is -0.389. The Morgan fingerprint density at radius 1 is 1.32 bits per heavy atom. The lowest BCUT2D eigenvalue weighted by Crippen LogP contribution is -2.45. The topological polar surface area (TPSA) is 38.3 Å². The number of fused-ring (bicyclic) bond motifs is 2. The van der Waals surface area contributed by atoms with Gasteiger partial charge in [-0.2, -0.15) is 0 Å². The van der Waals surface area contributed by atoms with Crippen LogP contribution < -0.4 is 10.1 Å². The van der Waals surface area contributed by atoms with Gasteiger partial charge in [0.25, 0.3) is 5.91 Å². The summed E-state index contributed by atoms with van der Waals surface area (Å²) in [6.45, 7) is 6.12. The zero-order chi connectivity index (χ0) is 15.7. The maximum absolute atomic E-state index is 12.6. The Morgan fingerprint density at radius 3 is 2.77 bits per heavy atom. The van der Waals surface area contributed by atoms with Gasteiger partial charge in [0.15, 0.2) is 6.10 Å². The first-order valence-corrected chi connectivity index (χ1v) is 8.61. The van der Waals surface area contributed by atoms with Crippen LogP contribution in [0.25, 0.3) is 0 Å². The van der Waals surface area contributed by atoms with Crippen LogP contribution in [0.4, 0.5) is 0 Å². The lowest BCUT2D eigenvalue weighted by molar-refractivity contribution is -0.129. The molecule has 2 aliphatic rings. The first-order chi connectivity index (χ1) is 10.6. The standard InChI is InChI=1S/C19H27NO2/c1-4-17(22-18-7-5-6-12(2)13(18)3)19(21)20-16-11-14-8-9-15(16)10-14/h5-7,14-17H,4,8-11H2,1-3H3,(H,20,21)/t14-,15-,16-,17-/m1/s1. The van der Waals surface area contributed by atoms with Crippen molar-refractivity contribution in [2.45, 2.75) is 65.0 Å². The molecule has 0 spiro atoms. The summed E-state index contributed by atoms with van der Waals surface area (Å²) in [4.78, 5) is 12.6. The van der Waals surface area contributed by atoms with Gasteiger partial charge in [-0.1, -0.05) is 25.5 Å². The average Bonchev–Trinajstić information content (AvgIpc) is 3.11. The van der Waals surface area contributed by atoms with E-state index in [1.807, 2.05) is 26.0 Å². The number of rotatable bonds is 5. The van der Waals surface area contributed by atoms with Gasteiger partial charge in [-0.15, -0.1) is 0 Å². The fourth-order valence-corrected chi connectivity index (χ4v) is 4.02.